The van der Waals surface area contributed by atoms with E-state index in [0.29, 0.717) is 6.54 Å². The van der Waals surface area contributed by atoms with Gasteiger partial charge in [-0.05, 0) is 55.3 Å². The number of hydrogen-bond donors (Lipinski definition) is 1. The minimum atomic E-state index is 0.631. The van der Waals surface area contributed by atoms with Crippen molar-refractivity contribution in [2.24, 2.45) is 11.7 Å². The lowest BCUT2D eigenvalue weighted by Crippen LogP contribution is -2.08. The predicted octanol–water partition coefficient (Wildman–Crippen LogP) is 3.58. The highest BCUT2D eigenvalue weighted by Gasteiger charge is 2.23. The van der Waals surface area contributed by atoms with E-state index in [4.69, 9.17) is 22.1 Å². The van der Waals surface area contributed by atoms with Crippen molar-refractivity contribution in [2.45, 2.75) is 39.0 Å². The summed E-state index contributed by atoms with van der Waals surface area (Å²) in [5.74, 6) is 1.59. The van der Waals surface area contributed by atoms with E-state index in [1.807, 2.05) is 6.07 Å². The van der Waals surface area contributed by atoms with Crippen molar-refractivity contribution in [1.29, 1.82) is 0 Å². The van der Waals surface area contributed by atoms with Gasteiger partial charge < -0.3 is 10.5 Å². The first-order valence-corrected chi connectivity index (χ1v) is 7.26. The molecule has 2 nitrogen and oxygen atoms in total. The molecule has 1 aliphatic rings. The zero-order chi connectivity index (χ0) is 13.0. The molecule has 18 heavy (non-hydrogen) atoms. The summed E-state index contributed by atoms with van der Waals surface area (Å²) in [6.07, 6.45) is 5.59. The second-order valence-corrected chi connectivity index (χ2v) is 5.52. The van der Waals surface area contributed by atoms with E-state index in [2.05, 4.69) is 13.0 Å². The van der Waals surface area contributed by atoms with E-state index >= 15 is 0 Å². The fraction of sp³-hybridized carbons (Fsp3) is 0.600. The number of hydrogen-bond acceptors (Lipinski definition) is 2. The lowest BCUT2D eigenvalue weighted by Gasteiger charge is -2.14. The Bertz CT molecular complexity index is 402. The summed E-state index contributed by atoms with van der Waals surface area (Å²) < 4.78 is 5.89. The van der Waals surface area contributed by atoms with Crippen molar-refractivity contribution in [1.82, 2.24) is 0 Å². The van der Waals surface area contributed by atoms with Gasteiger partial charge in [-0.15, -0.1) is 0 Å². The SMILES string of the molecule is CCCc1cc(Cl)c(OCC2CC2)c(CCN)c1. The second-order valence-electron chi connectivity index (χ2n) is 5.11. The number of nitrogens with two attached hydrogens (primary N) is 1. The van der Waals surface area contributed by atoms with Crippen molar-refractivity contribution in [3.05, 3.63) is 28.3 Å². The molecule has 0 aliphatic heterocycles. The van der Waals surface area contributed by atoms with E-state index in [9.17, 15) is 0 Å². The molecule has 1 aromatic carbocycles. The minimum absolute atomic E-state index is 0.631. The third-order valence-corrected chi connectivity index (χ3v) is 3.57. The molecule has 0 heterocycles. The lowest BCUT2D eigenvalue weighted by atomic mass is 10.0. The molecule has 1 aromatic rings. The molecule has 3 heteroatoms. The van der Waals surface area contributed by atoms with Crippen molar-refractivity contribution < 1.29 is 4.74 Å². The quantitative estimate of drug-likeness (QED) is 0.820. The van der Waals surface area contributed by atoms with E-state index in [-0.39, 0.29) is 0 Å². The molecule has 1 fully saturated rings. The maximum Gasteiger partial charge on any atom is 0.141 e. The Hall–Kier alpha value is -0.730. The standard InChI is InChI=1S/C15H22ClNO/c1-2-3-12-8-13(6-7-17)15(14(16)9-12)18-10-11-4-5-11/h8-9,11H,2-7,10,17H2,1H3. The molecule has 0 amide bonds. The van der Waals surface area contributed by atoms with Gasteiger partial charge in [-0.2, -0.15) is 0 Å². The molecule has 0 spiro atoms. The van der Waals surface area contributed by atoms with Crippen LogP contribution >= 0.6 is 11.6 Å². The maximum atomic E-state index is 6.34. The molecule has 0 radical (unpaired) electrons. The Morgan fingerprint density at radius 1 is 1.33 bits per heavy atom. The zero-order valence-electron chi connectivity index (χ0n) is 11.0. The van der Waals surface area contributed by atoms with Gasteiger partial charge in [0.25, 0.3) is 0 Å². The van der Waals surface area contributed by atoms with Gasteiger partial charge in [-0.3, -0.25) is 0 Å². The lowest BCUT2D eigenvalue weighted by molar-refractivity contribution is 0.297. The van der Waals surface area contributed by atoms with E-state index in [1.165, 1.54) is 18.4 Å². The summed E-state index contributed by atoms with van der Waals surface area (Å²) in [6, 6.07) is 4.23. The van der Waals surface area contributed by atoms with Gasteiger partial charge in [-0.25, -0.2) is 0 Å². The van der Waals surface area contributed by atoms with Crippen LogP contribution in [0.5, 0.6) is 5.75 Å². The summed E-state index contributed by atoms with van der Waals surface area (Å²) in [7, 11) is 0. The van der Waals surface area contributed by atoms with Crippen LogP contribution in [0.4, 0.5) is 0 Å². The first kappa shape index (κ1) is 13.7. The normalized spacial score (nSPS) is 14.8. The molecule has 0 bridgehead atoms. The first-order valence-electron chi connectivity index (χ1n) is 6.88. The van der Waals surface area contributed by atoms with Crippen molar-refractivity contribution in [3.8, 4) is 5.75 Å². The monoisotopic (exact) mass is 267 g/mol. The Kier molecular flexibility index (Phi) is 4.90. The van der Waals surface area contributed by atoms with E-state index in [0.717, 1.165) is 48.1 Å². The van der Waals surface area contributed by atoms with Gasteiger partial charge in [0.05, 0.1) is 11.6 Å². The van der Waals surface area contributed by atoms with Crippen LogP contribution in [-0.2, 0) is 12.8 Å². The summed E-state index contributed by atoms with van der Waals surface area (Å²) in [5, 5.41) is 0.741. The van der Waals surface area contributed by atoms with E-state index < -0.39 is 0 Å². The molecule has 0 atom stereocenters. The molecular weight excluding hydrogens is 246 g/mol. The summed E-state index contributed by atoms with van der Waals surface area (Å²) in [4.78, 5) is 0. The minimum Gasteiger partial charge on any atom is -0.491 e. The highest BCUT2D eigenvalue weighted by Crippen LogP contribution is 2.35. The Morgan fingerprint density at radius 3 is 2.72 bits per heavy atom. The largest absolute Gasteiger partial charge is 0.491 e. The summed E-state index contributed by atoms with van der Waals surface area (Å²) in [5.41, 5.74) is 8.12. The van der Waals surface area contributed by atoms with Crippen molar-refractivity contribution in [3.63, 3.8) is 0 Å². The smallest absolute Gasteiger partial charge is 0.141 e. The van der Waals surface area contributed by atoms with Crippen LogP contribution in [0, 0.1) is 5.92 Å². The molecule has 1 saturated carbocycles. The number of aryl methyl sites for hydroxylation is 1. The van der Waals surface area contributed by atoms with Gasteiger partial charge in [-0.1, -0.05) is 31.0 Å². The summed E-state index contributed by atoms with van der Waals surface area (Å²) >= 11 is 6.34. The zero-order valence-corrected chi connectivity index (χ0v) is 11.8. The van der Waals surface area contributed by atoms with Crippen LogP contribution in [0.2, 0.25) is 5.02 Å². The average Bonchev–Trinajstić information content (AvgIpc) is 3.13. The Balaban J connectivity index is 2.17. The van der Waals surface area contributed by atoms with Gasteiger partial charge >= 0.3 is 0 Å². The predicted molar refractivity (Wildman–Crippen MR) is 76.4 cm³/mol. The molecule has 0 saturated heterocycles. The molecular formula is C15H22ClNO. The maximum absolute atomic E-state index is 6.34. The molecule has 0 unspecified atom stereocenters. The van der Waals surface area contributed by atoms with E-state index in [1.54, 1.807) is 0 Å². The number of rotatable bonds is 7. The number of benzene rings is 1. The topological polar surface area (TPSA) is 35.2 Å². The number of ether oxygens (including phenoxy) is 1. The number of halogens is 1. The highest BCUT2D eigenvalue weighted by molar-refractivity contribution is 6.32. The van der Waals surface area contributed by atoms with Crippen LogP contribution < -0.4 is 10.5 Å². The molecule has 100 valence electrons. The Morgan fingerprint density at radius 2 is 2.11 bits per heavy atom. The first-order chi connectivity index (χ1) is 8.74. The van der Waals surface area contributed by atoms with Gasteiger partial charge in [0.15, 0.2) is 0 Å². The molecule has 2 rings (SSSR count). The summed E-state index contributed by atoms with van der Waals surface area (Å²) in [6.45, 7) is 3.60. The fourth-order valence-electron chi connectivity index (χ4n) is 2.13. The van der Waals surface area contributed by atoms with Gasteiger partial charge in [0, 0.05) is 0 Å². The third-order valence-electron chi connectivity index (χ3n) is 3.29. The van der Waals surface area contributed by atoms with Gasteiger partial charge in [0.2, 0.25) is 0 Å². The fourth-order valence-corrected chi connectivity index (χ4v) is 2.45. The molecule has 2 N–H and O–H groups in total. The van der Waals surface area contributed by atoms with Crippen molar-refractivity contribution in [2.75, 3.05) is 13.2 Å². The van der Waals surface area contributed by atoms with Gasteiger partial charge in [0.1, 0.15) is 5.75 Å². The van der Waals surface area contributed by atoms with Crippen LogP contribution in [-0.4, -0.2) is 13.2 Å². The van der Waals surface area contributed by atoms with Crippen LogP contribution in [0.3, 0.4) is 0 Å². The second kappa shape index (κ2) is 6.44. The molecule has 1 aliphatic carbocycles. The van der Waals surface area contributed by atoms with Crippen molar-refractivity contribution >= 4 is 11.6 Å². The highest BCUT2D eigenvalue weighted by atomic mass is 35.5. The van der Waals surface area contributed by atoms with Crippen LogP contribution in [0.1, 0.15) is 37.3 Å². The molecule has 0 aromatic heterocycles. The van der Waals surface area contributed by atoms with Crippen LogP contribution in [0.15, 0.2) is 12.1 Å². The van der Waals surface area contributed by atoms with Crippen LogP contribution in [0.25, 0.3) is 0 Å². The average molecular weight is 268 g/mol. The Labute approximate surface area is 114 Å². The third kappa shape index (κ3) is 3.63.